The first kappa shape index (κ1) is 14.9. The van der Waals surface area contributed by atoms with E-state index in [-0.39, 0.29) is 16.9 Å². The zero-order chi connectivity index (χ0) is 15.1. The minimum Gasteiger partial charge on any atom is -0.382 e. The maximum Gasteiger partial charge on any atom is 0.417 e. The van der Waals surface area contributed by atoms with Crippen LogP contribution in [0.4, 0.5) is 18.9 Å². The predicted molar refractivity (Wildman–Crippen MR) is 76.0 cm³/mol. The van der Waals surface area contributed by atoms with Gasteiger partial charge in [0.05, 0.1) is 11.1 Å². The van der Waals surface area contributed by atoms with Crippen LogP contribution in [-0.4, -0.2) is 11.0 Å². The first-order chi connectivity index (χ1) is 9.18. The molecule has 0 fully saturated rings. The van der Waals surface area contributed by atoms with Crippen molar-refractivity contribution in [3.63, 3.8) is 0 Å². The summed E-state index contributed by atoms with van der Waals surface area (Å²) in [7, 11) is 0. The van der Waals surface area contributed by atoms with Gasteiger partial charge in [-0.25, -0.2) is 0 Å². The fourth-order valence-electron chi connectivity index (χ4n) is 1.93. The lowest BCUT2D eigenvalue weighted by Gasteiger charge is -2.15. The van der Waals surface area contributed by atoms with Gasteiger partial charge in [0.2, 0.25) is 5.56 Å². The van der Waals surface area contributed by atoms with Crippen LogP contribution < -0.4 is 10.9 Å². The van der Waals surface area contributed by atoms with Crippen molar-refractivity contribution in [2.24, 2.45) is 0 Å². The average molecular weight is 349 g/mol. The summed E-state index contributed by atoms with van der Waals surface area (Å²) >= 11 is 3.28. The molecule has 0 aliphatic heterocycles. The van der Waals surface area contributed by atoms with Crippen LogP contribution >= 0.6 is 15.9 Å². The van der Waals surface area contributed by atoms with E-state index >= 15 is 0 Å². The highest BCUT2D eigenvalue weighted by atomic mass is 79.9. The Morgan fingerprint density at radius 2 is 1.90 bits per heavy atom. The number of hydrogen-bond acceptors (Lipinski definition) is 2. The van der Waals surface area contributed by atoms with Crippen molar-refractivity contribution in [3.05, 3.63) is 38.6 Å². The Morgan fingerprint density at radius 3 is 2.45 bits per heavy atom. The number of pyridine rings is 1. The Balaban J connectivity index is 2.77. The van der Waals surface area contributed by atoms with Crippen LogP contribution in [0.15, 0.2) is 27.5 Å². The van der Waals surface area contributed by atoms with Gasteiger partial charge in [-0.15, -0.1) is 0 Å². The van der Waals surface area contributed by atoms with Gasteiger partial charge in [-0.3, -0.25) is 4.79 Å². The molecule has 2 aromatic rings. The van der Waals surface area contributed by atoms with Crippen LogP contribution in [0.1, 0.15) is 19.4 Å². The number of fused-ring (bicyclic) bond motifs is 1. The quantitative estimate of drug-likeness (QED) is 0.856. The summed E-state index contributed by atoms with van der Waals surface area (Å²) in [5.41, 5.74) is -1.02. The molecule has 0 saturated carbocycles. The monoisotopic (exact) mass is 348 g/mol. The highest BCUT2D eigenvalue weighted by Crippen LogP contribution is 2.36. The zero-order valence-corrected chi connectivity index (χ0v) is 12.3. The van der Waals surface area contributed by atoms with Gasteiger partial charge in [0.15, 0.2) is 0 Å². The molecule has 0 bridgehead atoms. The summed E-state index contributed by atoms with van der Waals surface area (Å²) in [6.07, 6.45) is -4.57. The molecule has 0 aliphatic carbocycles. The molecule has 3 nitrogen and oxygen atoms in total. The summed E-state index contributed by atoms with van der Waals surface area (Å²) in [6.45, 7) is 3.77. The Labute approximate surface area is 121 Å². The standard InChI is InChI=1S/C13H12BrF3N2O/c1-6(2)18-11-3-7-8(13(15,16)17)4-12(20)19-10(7)5-9(11)14/h3-6,18H,1-2H3,(H,19,20). The number of rotatable bonds is 2. The molecule has 2 N–H and O–H groups in total. The molecule has 0 radical (unpaired) electrons. The van der Waals surface area contributed by atoms with Crippen molar-refractivity contribution in [2.45, 2.75) is 26.1 Å². The van der Waals surface area contributed by atoms with Crippen LogP contribution in [0.3, 0.4) is 0 Å². The maximum absolute atomic E-state index is 13.0. The van der Waals surface area contributed by atoms with E-state index in [1.165, 1.54) is 12.1 Å². The highest BCUT2D eigenvalue weighted by molar-refractivity contribution is 9.10. The third-order valence-corrected chi connectivity index (χ3v) is 3.34. The second kappa shape index (κ2) is 5.12. The molecule has 0 atom stereocenters. The molecule has 20 heavy (non-hydrogen) atoms. The van der Waals surface area contributed by atoms with Crippen LogP contribution in [0.2, 0.25) is 0 Å². The Morgan fingerprint density at radius 1 is 1.25 bits per heavy atom. The van der Waals surface area contributed by atoms with E-state index in [0.717, 1.165) is 0 Å². The van der Waals surface area contributed by atoms with E-state index in [0.29, 0.717) is 16.2 Å². The summed E-state index contributed by atoms with van der Waals surface area (Å²) in [4.78, 5) is 13.7. The molecule has 1 heterocycles. The molecule has 2 rings (SSSR count). The average Bonchev–Trinajstić information content (AvgIpc) is 2.27. The van der Waals surface area contributed by atoms with Gasteiger partial charge in [0, 0.05) is 27.7 Å². The van der Waals surface area contributed by atoms with E-state index in [1.807, 2.05) is 13.8 Å². The van der Waals surface area contributed by atoms with Gasteiger partial charge < -0.3 is 10.3 Å². The number of aromatic amines is 1. The van der Waals surface area contributed by atoms with E-state index in [9.17, 15) is 18.0 Å². The van der Waals surface area contributed by atoms with Crippen molar-refractivity contribution < 1.29 is 13.2 Å². The Bertz CT molecular complexity index is 707. The first-order valence-electron chi connectivity index (χ1n) is 5.89. The predicted octanol–water partition coefficient (Wildman–Crippen LogP) is 4.13. The van der Waals surface area contributed by atoms with E-state index in [2.05, 4.69) is 26.2 Å². The number of anilines is 1. The van der Waals surface area contributed by atoms with Crippen molar-refractivity contribution in [1.29, 1.82) is 0 Å². The molecule has 1 aromatic heterocycles. The molecule has 0 amide bonds. The van der Waals surface area contributed by atoms with Crippen molar-refractivity contribution >= 4 is 32.5 Å². The van der Waals surface area contributed by atoms with Gasteiger partial charge in [-0.1, -0.05) is 0 Å². The molecular formula is C13H12BrF3N2O. The van der Waals surface area contributed by atoms with Crippen LogP contribution in [-0.2, 0) is 6.18 Å². The minimum atomic E-state index is -4.57. The molecule has 0 spiro atoms. The fourth-order valence-corrected chi connectivity index (χ4v) is 2.39. The normalized spacial score (nSPS) is 12.2. The summed E-state index contributed by atoms with van der Waals surface area (Å²) in [5, 5.41) is 3.01. The largest absolute Gasteiger partial charge is 0.417 e. The van der Waals surface area contributed by atoms with Gasteiger partial charge in [0.1, 0.15) is 0 Å². The van der Waals surface area contributed by atoms with Gasteiger partial charge in [-0.05, 0) is 41.9 Å². The van der Waals surface area contributed by atoms with Gasteiger partial charge >= 0.3 is 6.18 Å². The third kappa shape index (κ3) is 2.98. The molecular weight excluding hydrogens is 337 g/mol. The molecule has 1 aromatic carbocycles. The molecule has 0 saturated heterocycles. The highest BCUT2D eigenvalue weighted by Gasteiger charge is 2.33. The van der Waals surface area contributed by atoms with Crippen molar-refractivity contribution in [3.8, 4) is 0 Å². The Hall–Kier alpha value is -1.50. The number of halogens is 4. The molecule has 0 aliphatic rings. The van der Waals surface area contributed by atoms with E-state index in [1.54, 1.807) is 0 Å². The zero-order valence-electron chi connectivity index (χ0n) is 10.7. The Kier molecular flexibility index (Phi) is 3.82. The number of H-pyrrole nitrogens is 1. The van der Waals surface area contributed by atoms with Gasteiger partial charge in [-0.2, -0.15) is 13.2 Å². The fraction of sp³-hybridized carbons (Fsp3) is 0.308. The van der Waals surface area contributed by atoms with Crippen LogP contribution in [0, 0.1) is 0 Å². The van der Waals surface area contributed by atoms with E-state index in [4.69, 9.17) is 0 Å². The van der Waals surface area contributed by atoms with Gasteiger partial charge in [0.25, 0.3) is 0 Å². The first-order valence-corrected chi connectivity index (χ1v) is 6.68. The lowest BCUT2D eigenvalue weighted by molar-refractivity contribution is -0.136. The SMILES string of the molecule is CC(C)Nc1cc2c(C(F)(F)F)cc(=O)[nH]c2cc1Br. The van der Waals surface area contributed by atoms with E-state index < -0.39 is 17.3 Å². The molecule has 7 heteroatoms. The number of aromatic nitrogens is 1. The second-order valence-corrected chi connectivity index (χ2v) is 5.58. The topological polar surface area (TPSA) is 44.9 Å². The number of nitrogens with one attached hydrogen (secondary N) is 2. The smallest absolute Gasteiger partial charge is 0.382 e. The number of benzene rings is 1. The number of alkyl halides is 3. The third-order valence-electron chi connectivity index (χ3n) is 2.68. The van der Waals surface area contributed by atoms with Crippen molar-refractivity contribution in [1.82, 2.24) is 4.98 Å². The second-order valence-electron chi connectivity index (χ2n) is 4.72. The summed E-state index contributed by atoms with van der Waals surface area (Å²) in [5.74, 6) is 0. The lowest BCUT2D eigenvalue weighted by atomic mass is 10.1. The van der Waals surface area contributed by atoms with Crippen LogP contribution in [0.5, 0.6) is 0 Å². The van der Waals surface area contributed by atoms with Crippen LogP contribution in [0.25, 0.3) is 10.9 Å². The molecule has 0 unspecified atom stereocenters. The lowest BCUT2D eigenvalue weighted by Crippen LogP contribution is -2.15. The summed E-state index contributed by atoms with van der Waals surface area (Å²) < 4.78 is 39.6. The number of hydrogen-bond donors (Lipinski definition) is 2. The molecule has 108 valence electrons. The van der Waals surface area contributed by atoms with Crippen molar-refractivity contribution in [2.75, 3.05) is 5.32 Å². The minimum absolute atomic E-state index is 0.0385. The maximum atomic E-state index is 13.0. The summed E-state index contributed by atoms with van der Waals surface area (Å²) in [6, 6.07) is 3.51.